The van der Waals surface area contributed by atoms with Gasteiger partial charge in [-0.25, -0.2) is 9.50 Å². The maximum Gasteiger partial charge on any atom is 0.252 e. The smallest absolute Gasteiger partial charge is 0.252 e. The van der Waals surface area contributed by atoms with Gasteiger partial charge in [0.25, 0.3) is 5.78 Å². The molecule has 1 atom stereocenters. The number of Topliss-reactive ketones (excluding diaryl/α,β-unsaturated/α-hetero) is 1. The van der Waals surface area contributed by atoms with Gasteiger partial charge in [-0.3, -0.25) is 4.79 Å². The highest BCUT2D eigenvalue weighted by atomic mass is 16.1. The number of ketones is 1. The SMILES string of the molecule is CCCc1nc2nc3c(cn2n1)C(=O)C[C@@H](c1ccccc1)C3. The lowest BCUT2D eigenvalue weighted by Crippen LogP contribution is -2.21. The largest absolute Gasteiger partial charge is 0.294 e. The number of carbonyl (C=O) groups is 1. The molecule has 0 spiro atoms. The topological polar surface area (TPSA) is 60.1 Å². The van der Waals surface area contributed by atoms with Gasteiger partial charge in [-0.2, -0.15) is 4.98 Å². The van der Waals surface area contributed by atoms with E-state index in [0.29, 0.717) is 17.8 Å². The van der Waals surface area contributed by atoms with Crippen LogP contribution in [0.25, 0.3) is 5.78 Å². The van der Waals surface area contributed by atoms with Crippen molar-refractivity contribution in [3.8, 4) is 0 Å². The van der Waals surface area contributed by atoms with Gasteiger partial charge < -0.3 is 0 Å². The molecule has 1 aliphatic rings. The van der Waals surface area contributed by atoms with Gasteiger partial charge in [-0.05, 0) is 24.3 Å². The zero-order chi connectivity index (χ0) is 15.8. The number of fused-ring (bicyclic) bond motifs is 2. The lowest BCUT2D eigenvalue weighted by molar-refractivity contribution is 0.0962. The van der Waals surface area contributed by atoms with Crippen LogP contribution in [-0.2, 0) is 12.8 Å². The molecule has 4 rings (SSSR count). The van der Waals surface area contributed by atoms with Crippen molar-refractivity contribution in [2.75, 3.05) is 0 Å². The van der Waals surface area contributed by atoms with Crippen molar-refractivity contribution in [1.82, 2.24) is 19.6 Å². The molecule has 0 bridgehead atoms. The van der Waals surface area contributed by atoms with Crippen LogP contribution in [0.5, 0.6) is 0 Å². The third kappa shape index (κ3) is 2.52. The summed E-state index contributed by atoms with van der Waals surface area (Å²) in [4.78, 5) is 21.6. The number of hydrogen-bond acceptors (Lipinski definition) is 4. The summed E-state index contributed by atoms with van der Waals surface area (Å²) in [6.07, 6.45) is 4.92. The van der Waals surface area contributed by atoms with E-state index >= 15 is 0 Å². The second-order valence-corrected chi connectivity index (χ2v) is 6.06. The summed E-state index contributed by atoms with van der Waals surface area (Å²) < 4.78 is 1.64. The molecule has 0 N–H and O–H groups in total. The van der Waals surface area contributed by atoms with Crippen molar-refractivity contribution in [3.05, 3.63) is 59.2 Å². The highest BCUT2D eigenvalue weighted by Gasteiger charge is 2.28. The molecule has 0 saturated carbocycles. The fraction of sp³-hybridized carbons (Fsp3) is 0.333. The van der Waals surface area contributed by atoms with E-state index in [4.69, 9.17) is 0 Å². The minimum Gasteiger partial charge on any atom is -0.294 e. The van der Waals surface area contributed by atoms with Crippen molar-refractivity contribution < 1.29 is 4.79 Å². The Kier molecular flexibility index (Phi) is 3.41. The van der Waals surface area contributed by atoms with E-state index < -0.39 is 0 Å². The van der Waals surface area contributed by atoms with E-state index in [1.807, 2.05) is 18.2 Å². The van der Waals surface area contributed by atoms with Gasteiger partial charge in [-0.15, -0.1) is 5.10 Å². The van der Waals surface area contributed by atoms with Crippen LogP contribution in [0.15, 0.2) is 36.5 Å². The Morgan fingerprint density at radius 1 is 1.17 bits per heavy atom. The normalized spacial score (nSPS) is 17.4. The van der Waals surface area contributed by atoms with Crippen molar-refractivity contribution in [2.45, 2.75) is 38.5 Å². The van der Waals surface area contributed by atoms with E-state index in [2.05, 4.69) is 34.1 Å². The summed E-state index contributed by atoms with van der Waals surface area (Å²) >= 11 is 0. The van der Waals surface area contributed by atoms with Crippen LogP contribution in [0.2, 0.25) is 0 Å². The molecule has 23 heavy (non-hydrogen) atoms. The van der Waals surface area contributed by atoms with Gasteiger partial charge in [0.05, 0.1) is 11.3 Å². The van der Waals surface area contributed by atoms with Gasteiger partial charge in [-0.1, -0.05) is 37.3 Å². The second-order valence-electron chi connectivity index (χ2n) is 6.06. The average Bonchev–Trinajstić information content (AvgIpc) is 2.95. The maximum atomic E-state index is 12.5. The minimum atomic E-state index is 0.141. The molecule has 3 aromatic rings. The molecule has 5 nitrogen and oxygen atoms in total. The first-order valence-corrected chi connectivity index (χ1v) is 8.08. The minimum absolute atomic E-state index is 0.141. The molecular weight excluding hydrogens is 288 g/mol. The lowest BCUT2D eigenvalue weighted by Gasteiger charge is -2.22. The van der Waals surface area contributed by atoms with E-state index in [0.717, 1.165) is 30.8 Å². The van der Waals surface area contributed by atoms with Crippen molar-refractivity contribution in [1.29, 1.82) is 0 Å². The van der Waals surface area contributed by atoms with Crippen LogP contribution in [-0.4, -0.2) is 25.4 Å². The molecule has 1 aromatic carbocycles. The molecule has 2 aromatic heterocycles. The summed E-state index contributed by atoms with van der Waals surface area (Å²) in [6.45, 7) is 2.10. The van der Waals surface area contributed by atoms with Crippen molar-refractivity contribution in [3.63, 3.8) is 0 Å². The lowest BCUT2D eigenvalue weighted by atomic mass is 9.82. The standard InChI is InChI=1S/C18H18N4O/c1-2-6-17-20-18-19-15-9-13(12-7-4-3-5-8-12)10-16(23)14(15)11-22(18)21-17/h3-5,7-8,11,13H,2,6,9-10H2,1H3/t13-/m0/s1. The zero-order valence-electron chi connectivity index (χ0n) is 13.1. The summed E-state index contributed by atoms with van der Waals surface area (Å²) in [6, 6.07) is 10.2. The highest BCUT2D eigenvalue weighted by molar-refractivity contribution is 5.98. The molecule has 5 heteroatoms. The molecule has 0 amide bonds. The molecule has 0 fully saturated rings. The number of rotatable bonds is 3. The van der Waals surface area contributed by atoms with Crippen LogP contribution < -0.4 is 0 Å². The van der Waals surface area contributed by atoms with Gasteiger partial charge in [0.15, 0.2) is 11.6 Å². The Morgan fingerprint density at radius 2 is 2.00 bits per heavy atom. The Balaban J connectivity index is 1.74. The van der Waals surface area contributed by atoms with Crippen LogP contribution in [0.4, 0.5) is 0 Å². The van der Waals surface area contributed by atoms with E-state index in [1.165, 1.54) is 5.56 Å². The predicted molar refractivity (Wildman–Crippen MR) is 86.6 cm³/mol. The van der Waals surface area contributed by atoms with E-state index in [-0.39, 0.29) is 11.7 Å². The van der Waals surface area contributed by atoms with Crippen molar-refractivity contribution in [2.24, 2.45) is 0 Å². The molecule has 0 aliphatic heterocycles. The third-order valence-electron chi connectivity index (χ3n) is 4.37. The first-order chi connectivity index (χ1) is 11.2. The first-order valence-electron chi connectivity index (χ1n) is 8.08. The molecule has 0 radical (unpaired) electrons. The Morgan fingerprint density at radius 3 is 2.78 bits per heavy atom. The Labute approximate surface area is 134 Å². The summed E-state index contributed by atoms with van der Waals surface area (Å²) in [5.74, 6) is 1.72. The fourth-order valence-corrected chi connectivity index (χ4v) is 3.22. The number of aromatic nitrogens is 4. The number of hydrogen-bond donors (Lipinski definition) is 0. The molecule has 0 saturated heterocycles. The number of benzene rings is 1. The predicted octanol–water partition coefficient (Wildman–Crippen LogP) is 2.99. The Hall–Kier alpha value is -2.56. The molecule has 0 unspecified atom stereocenters. The maximum absolute atomic E-state index is 12.5. The van der Waals surface area contributed by atoms with E-state index in [1.54, 1.807) is 10.7 Å². The number of aryl methyl sites for hydroxylation is 1. The molecule has 1 aliphatic carbocycles. The van der Waals surface area contributed by atoms with Crippen LogP contribution >= 0.6 is 0 Å². The van der Waals surface area contributed by atoms with Crippen LogP contribution in [0.1, 0.15) is 53.1 Å². The monoisotopic (exact) mass is 306 g/mol. The second kappa shape index (κ2) is 5.57. The average molecular weight is 306 g/mol. The summed E-state index contributed by atoms with van der Waals surface area (Å²) in [5, 5.41) is 4.41. The van der Waals surface area contributed by atoms with Gasteiger partial charge in [0, 0.05) is 19.0 Å². The highest BCUT2D eigenvalue weighted by Crippen LogP contribution is 2.31. The fourth-order valence-electron chi connectivity index (χ4n) is 3.22. The summed E-state index contributed by atoms with van der Waals surface area (Å²) in [5.41, 5.74) is 2.73. The van der Waals surface area contributed by atoms with Gasteiger partial charge in [0.2, 0.25) is 0 Å². The number of nitrogens with zero attached hydrogens (tertiary/aromatic N) is 4. The van der Waals surface area contributed by atoms with E-state index in [9.17, 15) is 4.79 Å². The Bertz CT molecular complexity index is 869. The van der Waals surface area contributed by atoms with Crippen LogP contribution in [0.3, 0.4) is 0 Å². The van der Waals surface area contributed by atoms with Crippen molar-refractivity contribution >= 4 is 11.6 Å². The molecular formula is C18H18N4O. The third-order valence-corrected chi connectivity index (χ3v) is 4.37. The number of carbonyl (C=O) groups excluding carboxylic acids is 1. The van der Waals surface area contributed by atoms with Gasteiger partial charge in [0.1, 0.15) is 0 Å². The zero-order valence-corrected chi connectivity index (χ0v) is 13.1. The quantitative estimate of drug-likeness (QED) is 0.746. The van der Waals surface area contributed by atoms with Gasteiger partial charge >= 0.3 is 0 Å². The van der Waals surface area contributed by atoms with Crippen LogP contribution in [0, 0.1) is 0 Å². The summed E-state index contributed by atoms with van der Waals surface area (Å²) in [7, 11) is 0. The molecule has 116 valence electrons. The molecule has 2 heterocycles. The first kappa shape index (κ1) is 14.1.